The molecule has 0 aliphatic heterocycles. The second kappa shape index (κ2) is 16.6. The molecule has 0 aliphatic carbocycles. The Labute approximate surface area is 251 Å². The summed E-state index contributed by atoms with van der Waals surface area (Å²) in [5, 5.41) is 17.4. The van der Waals surface area contributed by atoms with Crippen molar-refractivity contribution >= 4 is 51.8 Å². The number of halogens is 1. The van der Waals surface area contributed by atoms with Crippen molar-refractivity contribution in [1.29, 1.82) is 0 Å². The number of nitrogens with zero attached hydrogens (tertiary/aromatic N) is 2. The zero-order chi connectivity index (χ0) is 31.2. The molecule has 2 aromatic carbocycles. The Bertz CT molecular complexity index is 1470. The predicted molar refractivity (Wildman–Crippen MR) is 162 cm³/mol. The minimum Gasteiger partial charge on any atom is -0.497 e. The van der Waals surface area contributed by atoms with Crippen molar-refractivity contribution in [2.45, 2.75) is 0 Å². The summed E-state index contributed by atoms with van der Waals surface area (Å²) in [5.74, 6) is 0.560. The van der Waals surface area contributed by atoms with Crippen molar-refractivity contribution < 1.29 is 38.6 Å². The van der Waals surface area contributed by atoms with Gasteiger partial charge in [-0.25, -0.2) is 14.6 Å². The molecule has 4 rings (SSSR count). The number of aromatic nitrogens is 2. The largest absolute Gasteiger partial charge is 0.497 e. The predicted octanol–water partition coefficient (Wildman–Crippen LogP) is 2.71. The van der Waals surface area contributed by atoms with Crippen molar-refractivity contribution in [3.05, 3.63) is 88.8 Å². The lowest BCUT2D eigenvalue weighted by molar-refractivity contribution is 0.0591. The fourth-order valence-corrected chi connectivity index (χ4v) is 3.39. The Kier molecular flexibility index (Phi) is 13.2. The van der Waals surface area contributed by atoms with Gasteiger partial charge < -0.3 is 40.5 Å². The summed E-state index contributed by atoms with van der Waals surface area (Å²) < 4.78 is 19.6. The van der Waals surface area contributed by atoms with Gasteiger partial charge in [-0.2, -0.15) is 0 Å². The highest BCUT2D eigenvalue weighted by molar-refractivity contribution is 9.10. The molecule has 2 heterocycles. The Balaban J connectivity index is 0.000000233. The number of esters is 2. The van der Waals surface area contributed by atoms with Crippen LogP contribution in [0.25, 0.3) is 11.3 Å². The molecular weight excluding hydrogens is 611 g/mol. The number of anilines is 2. The SMILES string of the molecule is COC(=O)c1cnc(-c2ccc(OC)cc2)c(N)c1.COC(=O)c1cnc(Br)c(N)c1.COc1ccc(B(O)O)cc1. The second-order valence-corrected chi connectivity index (χ2v) is 8.88. The van der Waals surface area contributed by atoms with E-state index >= 15 is 0 Å². The molecule has 220 valence electrons. The van der Waals surface area contributed by atoms with Crippen LogP contribution in [-0.4, -0.2) is 67.5 Å². The first-order valence-electron chi connectivity index (χ1n) is 12.0. The van der Waals surface area contributed by atoms with Crippen LogP contribution in [0.3, 0.4) is 0 Å². The van der Waals surface area contributed by atoms with Gasteiger partial charge in [0.15, 0.2) is 0 Å². The van der Waals surface area contributed by atoms with E-state index in [0.29, 0.717) is 44.0 Å². The average molecular weight is 641 g/mol. The summed E-state index contributed by atoms with van der Waals surface area (Å²) in [6.45, 7) is 0. The Morgan fingerprint density at radius 2 is 1.19 bits per heavy atom. The molecule has 0 amide bonds. The normalized spacial score (nSPS) is 9.69. The summed E-state index contributed by atoms with van der Waals surface area (Å²) in [5.41, 5.74) is 14.9. The number of pyridine rings is 2. The minimum atomic E-state index is -1.40. The van der Waals surface area contributed by atoms with E-state index in [9.17, 15) is 9.59 Å². The molecule has 0 radical (unpaired) electrons. The van der Waals surface area contributed by atoms with E-state index in [1.807, 2.05) is 24.3 Å². The molecule has 12 nitrogen and oxygen atoms in total. The first-order chi connectivity index (χ1) is 20.0. The monoisotopic (exact) mass is 640 g/mol. The van der Waals surface area contributed by atoms with Crippen molar-refractivity contribution in [2.24, 2.45) is 0 Å². The maximum Gasteiger partial charge on any atom is 0.488 e. The maximum atomic E-state index is 11.4. The van der Waals surface area contributed by atoms with Gasteiger partial charge >= 0.3 is 19.1 Å². The number of hydrogen-bond acceptors (Lipinski definition) is 12. The van der Waals surface area contributed by atoms with E-state index in [0.717, 1.165) is 11.3 Å². The van der Waals surface area contributed by atoms with Gasteiger partial charge in [0.2, 0.25) is 0 Å². The molecule has 2 aromatic heterocycles. The highest BCUT2D eigenvalue weighted by Crippen LogP contribution is 2.26. The van der Waals surface area contributed by atoms with Gasteiger partial charge in [-0.1, -0.05) is 12.1 Å². The van der Waals surface area contributed by atoms with Crippen molar-refractivity contribution in [2.75, 3.05) is 39.9 Å². The van der Waals surface area contributed by atoms with Crippen LogP contribution >= 0.6 is 15.9 Å². The van der Waals surface area contributed by atoms with Crippen LogP contribution in [0.4, 0.5) is 11.4 Å². The van der Waals surface area contributed by atoms with Gasteiger partial charge in [-0.05, 0) is 69.9 Å². The van der Waals surface area contributed by atoms with Gasteiger partial charge in [0.05, 0.1) is 56.6 Å². The van der Waals surface area contributed by atoms with Crippen LogP contribution in [0.1, 0.15) is 20.7 Å². The fraction of sp³-hybridized carbons (Fsp3) is 0.143. The van der Waals surface area contributed by atoms with Crippen molar-refractivity contribution in [3.8, 4) is 22.8 Å². The summed E-state index contributed by atoms with van der Waals surface area (Å²) in [6.07, 6.45) is 2.84. The molecule has 6 N–H and O–H groups in total. The number of carbonyl (C=O) groups is 2. The molecule has 42 heavy (non-hydrogen) atoms. The molecule has 0 aliphatic rings. The first-order valence-corrected chi connectivity index (χ1v) is 12.8. The highest BCUT2D eigenvalue weighted by Gasteiger charge is 2.11. The second-order valence-electron chi connectivity index (χ2n) is 8.12. The third kappa shape index (κ3) is 9.76. The molecule has 14 heteroatoms. The van der Waals surface area contributed by atoms with Crippen LogP contribution in [0.15, 0.2) is 77.7 Å². The number of nitrogen functional groups attached to an aromatic ring is 2. The van der Waals surface area contributed by atoms with Gasteiger partial charge in [-0.15, -0.1) is 0 Å². The number of benzene rings is 2. The number of rotatable bonds is 6. The lowest BCUT2D eigenvalue weighted by atomic mass is 9.80. The lowest BCUT2D eigenvalue weighted by Crippen LogP contribution is -2.29. The van der Waals surface area contributed by atoms with E-state index in [1.54, 1.807) is 44.6 Å². The Hall–Kier alpha value is -4.66. The molecule has 4 aromatic rings. The number of carbonyl (C=O) groups excluding carboxylic acids is 2. The summed E-state index contributed by atoms with van der Waals surface area (Å²) in [7, 11) is 4.38. The van der Waals surface area contributed by atoms with E-state index in [1.165, 1.54) is 32.7 Å². The van der Waals surface area contributed by atoms with Gasteiger partial charge in [-0.3, -0.25) is 4.98 Å². The van der Waals surface area contributed by atoms with Gasteiger partial charge in [0.1, 0.15) is 16.1 Å². The molecule has 0 unspecified atom stereocenters. The summed E-state index contributed by atoms with van der Waals surface area (Å²) in [4.78, 5) is 30.4. The standard InChI is InChI=1S/C14H14N2O3.C7H9BO3.C7H7BrN2O2/c1-18-11-5-3-9(4-6-11)13-12(15)7-10(8-16-13)14(17)19-2;1-11-7-4-2-6(3-5-7)8(9)10;1-12-7(11)4-2-5(9)6(8)10-3-4/h3-8H,15H2,1-2H3;2-5,9-10H,1H3;2-3H,9H2,1H3. The number of nitrogens with two attached hydrogens (primary N) is 2. The van der Waals surface area contributed by atoms with Gasteiger partial charge in [0.25, 0.3) is 0 Å². The molecule has 0 atom stereocenters. The smallest absolute Gasteiger partial charge is 0.488 e. The van der Waals surface area contributed by atoms with Crippen LogP contribution in [0, 0.1) is 0 Å². The number of ether oxygens (including phenoxy) is 4. The highest BCUT2D eigenvalue weighted by atomic mass is 79.9. The van der Waals surface area contributed by atoms with E-state index < -0.39 is 19.1 Å². The summed E-state index contributed by atoms with van der Waals surface area (Å²) in [6, 6.07) is 17.0. The van der Waals surface area contributed by atoms with E-state index in [4.69, 9.17) is 31.0 Å². The van der Waals surface area contributed by atoms with Crippen molar-refractivity contribution in [1.82, 2.24) is 9.97 Å². The molecule has 0 saturated carbocycles. The summed E-state index contributed by atoms with van der Waals surface area (Å²) >= 11 is 3.11. The van der Waals surface area contributed by atoms with Crippen LogP contribution in [0.5, 0.6) is 11.5 Å². The third-order valence-electron chi connectivity index (χ3n) is 5.40. The number of methoxy groups -OCH3 is 4. The molecular formula is C28H30BBrN4O8. The van der Waals surface area contributed by atoms with Gasteiger partial charge in [0, 0.05) is 18.0 Å². The zero-order valence-corrected chi connectivity index (χ0v) is 24.9. The molecule has 0 saturated heterocycles. The third-order valence-corrected chi connectivity index (χ3v) is 6.07. The van der Waals surface area contributed by atoms with E-state index in [-0.39, 0.29) is 0 Å². The zero-order valence-electron chi connectivity index (χ0n) is 23.3. The Morgan fingerprint density at radius 3 is 1.60 bits per heavy atom. The van der Waals surface area contributed by atoms with Crippen LogP contribution < -0.4 is 26.4 Å². The Morgan fingerprint density at radius 1 is 0.738 bits per heavy atom. The maximum absolute atomic E-state index is 11.4. The topological polar surface area (TPSA) is 189 Å². The molecule has 0 bridgehead atoms. The average Bonchev–Trinajstić information content (AvgIpc) is 3.02. The van der Waals surface area contributed by atoms with Crippen LogP contribution in [-0.2, 0) is 9.47 Å². The molecule has 0 spiro atoms. The first kappa shape index (κ1) is 33.6. The number of hydrogen-bond donors (Lipinski definition) is 4. The quantitative estimate of drug-likeness (QED) is 0.137. The lowest BCUT2D eigenvalue weighted by Gasteiger charge is -2.07. The fourth-order valence-electron chi connectivity index (χ4n) is 3.17. The minimum absolute atomic E-state index is 0.331. The van der Waals surface area contributed by atoms with Crippen LogP contribution in [0.2, 0.25) is 0 Å². The van der Waals surface area contributed by atoms with E-state index in [2.05, 4.69) is 35.4 Å². The molecule has 0 fully saturated rings. The van der Waals surface area contributed by atoms with Crippen molar-refractivity contribution in [3.63, 3.8) is 0 Å².